The first kappa shape index (κ1) is 16.3. The van der Waals surface area contributed by atoms with E-state index in [4.69, 9.17) is 10.00 Å². The number of aryl methyl sites for hydroxylation is 1. The van der Waals surface area contributed by atoms with Gasteiger partial charge >= 0.3 is 0 Å². The minimum absolute atomic E-state index is 0.234. The molecule has 1 N–H and O–H groups in total. The lowest BCUT2D eigenvalue weighted by molar-refractivity contribution is -0.128. The zero-order valence-electron chi connectivity index (χ0n) is 14.4. The molecule has 26 heavy (non-hydrogen) atoms. The Morgan fingerprint density at radius 3 is 3.04 bits per heavy atom. The summed E-state index contributed by atoms with van der Waals surface area (Å²) in [5.74, 6) is 0.233. The van der Waals surface area contributed by atoms with E-state index >= 15 is 0 Å². The fraction of sp³-hybridized carbons (Fsp3) is 0.250. The fourth-order valence-electron chi connectivity index (χ4n) is 3.40. The first-order valence-electron chi connectivity index (χ1n) is 8.62. The Morgan fingerprint density at radius 1 is 1.38 bits per heavy atom. The number of hydrogen-bond donors (Lipinski definition) is 1. The third kappa shape index (κ3) is 2.72. The number of fused-ring (bicyclic) bond motifs is 2. The molecular weight excluding hydrogens is 328 g/mol. The van der Waals surface area contributed by atoms with Crippen LogP contribution in [0.25, 0.3) is 11.0 Å². The van der Waals surface area contributed by atoms with Gasteiger partial charge in [-0.15, -0.1) is 0 Å². The SMILES string of the molecule is CCn1c(NC(=O)C2OCCc3ccccc32)nc2cc(C#N)ccc21. The molecule has 0 bridgehead atoms. The highest BCUT2D eigenvalue weighted by Gasteiger charge is 2.28. The Hall–Kier alpha value is -3.17. The molecule has 0 spiro atoms. The summed E-state index contributed by atoms with van der Waals surface area (Å²) >= 11 is 0. The van der Waals surface area contributed by atoms with Gasteiger partial charge in [0.05, 0.1) is 29.3 Å². The standard InChI is InChI=1S/C20H18N4O2/c1-2-24-17-8-7-13(12-21)11-16(17)22-20(24)23-19(25)18-15-6-4-3-5-14(15)9-10-26-18/h3-8,11,18H,2,9-10H2,1H3,(H,22,23,25). The van der Waals surface area contributed by atoms with E-state index in [1.54, 1.807) is 12.1 Å². The largest absolute Gasteiger partial charge is 0.363 e. The molecule has 0 saturated carbocycles. The van der Waals surface area contributed by atoms with Crippen molar-refractivity contribution in [3.05, 3.63) is 59.2 Å². The smallest absolute Gasteiger partial charge is 0.260 e. The van der Waals surface area contributed by atoms with Gasteiger partial charge < -0.3 is 9.30 Å². The highest BCUT2D eigenvalue weighted by Crippen LogP contribution is 2.29. The van der Waals surface area contributed by atoms with Crippen LogP contribution in [-0.2, 0) is 22.5 Å². The number of nitrogens with one attached hydrogen (secondary N) is 1. The van der Waals surface area contributed by atoms with E-state index in [9.17, 15) is 4.79 Å². The van der Waals surface area contributed by atoms with Crippen LogP contribution in [0.1, 0.15) is 29.7 Å². The van der Waals surface area contributed by atoms with Crippen molar-refractivity contribution < 1.29 is 9.53 Å². The van der Waals surface area contributed by atoms with Crippen LogP contribution in [0.15, 0.2) is 42.5 Å². The lowest BCUT2D eigenvalue weighted by atomic mass is 9.97. The highest BCUT2D eigenvalue weighted by molar-refractivity contribution is 5.95. The fourth-order valence-corrected chi connectivity index (χ4v) is 3.40. The molecule has 3 aromatic rings. The molecule has 0 aliphatic carbocycles. The van der Waals surface area contributed by atoms with E-state index in [0.717, 1.165) is 23.1 Å². The van der Waals surface area contributed by atoms with E-state index in [1.807, 2.05) is 41.8 Å². The Kier molecular flexibility index (Phi) is 4.15. The summed E-state index contributed by atoms with van der Waals surface area (Å²) in [7, 11) is 0. The maximum atomic E-state index is 12.9. The van der Waals surface area contributed by atoms with Crippen molar-refractivity contribution in [3.63, 3.8) is 0 Å². The van der Waals surface area contributed by atoms with Crippen LogP contribution >= 0.6 is 0 Å². The van der Waals surface area contributed by atoms with Gasteiger partial charge in [0, 0.05) is 6.54 Å². The summed E-state index contributed by atoms with van der Waals surface area (Å²) in [6.45, 7) is 3.16. The van der Waals surface area contributed by atoms with Gasteiger partial charge in [0.15, 0.2) is 6.10 Å². The summed E-state index contributed by atoms with van der Waals surface area (Å²) in [4.78, 5) is 17.4. The Balaban J connectivity index is 1.67. The number of carbonyl (C=O) groups is 1. The van der Waals surface area contributed by atoms with Crippen molar-refractivity contribution in [2.45, 2.75) is 26.0 Å². The van der Waals surface area contributed by atoms with Gasteiger partial charge in [0.1, 0.15) is 0 Å². The minimum Gasteiger partial charge on any atom is -0.363 e. The molecule has 6 nitrogen and oxygen atoms in total. The second-order valence-corrected chi connectivity index (χ2v) is 6.18. The lowest BCUT2D eigenvalue weighted by Gasteiger charge is -2.25. The third-order valence-corrected chi connectivity index (χ3v) is 4.66. The average Bonchev–Trinajstić information content (AvgIpc) is 3.03. The number of carbonyl (C=O) groups excluding carboxylic acids is 1. The number of rotatable bonds is 3. The molecule has 0 fully saturated rings. The van der Waals surface area contributed by atoms with Gasteiger partial charge in [-0.3, -0.25) is 10.1 Å². The molecular formula is C20H18N4O2. The topological polar surface area (TPSA) is 79.9 Å². The van der Waals surface area contributed by atoms with Crippen LogP contribution in [-0.4, -0.2) is 22.1 Å². The van der Waals surface area contributed by atoms with Crippen molar-refractivity contribution in [1.29, 1.82) is 5.26 Å². The van der Waals surface area contributed by atoms with Gasteiger partial charge in [-0.1, -0.05) is 24.3 Å². The molecule has 4 rings (SSSR count). The highest BCUT2D eigenvalue weighted by atomic mass is 16.5. The first-order valence-corrected chi connectivity index (χ1v) is 8.62. The van der Waals surface area contributed by atoms with Crippen LogP contribution in [0.3, 0.4) is 0 Å². The number of ether oxygens (including phenoxy) is 1. The molecule has 2 heterocycles. The minimum atomic E-state index is -0.639. The number of aromatic nitrogens is 2. The molecule has 1 unspecified atom stereocenters. The van der Waals surface area contributed by atoms with Crippen molar-refractivity contribution in [2.24, 2.45) is 0 Å². The molecule has 1 aliphatic heterocycles. The molecule has 0 radical (unpaired) electrons. The van der Waals surface area contributed by atoms with Gasteiger partial charge in [-0.25, -0.2) is 4.98 Å². The normalized spacial score (nSPS) is 16.1. The number of amides is 1. The van der Waals surface area contributed by atoms with E-state index in [2.05, 4.69) is 16.4 Å². The zero-order valence-corrected chi connectivity index (χ0v) is 14.4. The van der Waals surface area contributed by atoms with E-state index in [1.165, 1.54) is 0 Å². The summed E-state index contributed by atoms with van der Waals surface area (Å²) < 4.78 is 7.65. The Labute approximate surface area is 151 Å². The number of benzene rings is 2. The van der Waals surface area contributed by atoms with E-state index < -0.39 is 6.10 Å². The van der Waals surface area contributed by atoms with Gasteiger partial charge in [-0.2, -0.15) is 5.26 Å². The predicted molar refractivity (Wildman–Crippen MR) is 97.6 cm³/mol. The first-order chi connectivity index (χ1) is 12.7. The molecule has 1 amide bonds. The maximum Gasteiger partial charge on any atom is 0.260 e. The summed E-state index contributed by atoms with van der Waals surface area (Å²) in [6, 6.07) is 15.3. The van der Waals surface area contributed by atoms with Crippen molar-refractivity contribution in [1.82, 2.24) is 9.55 Å². The maximum absolute atomic E-state index is 12.9. The molecule has 2 aromatic carbocycles. The molecule has 1 aromatic heterocycles. The van der Waals surface area contributed by atoms with Gasteiger partial charge in [-0.05, 0) is 42.7 Å². The number of nitriles is 1. The molecule has 0 saturated heterocycles. The van der Waals surface area contributed by atoms with Gasteiger partial charge in [0.2, 0.25) is 5.95 Å². The zero-order chi connectivity index (χ0) is 18.1. The Morgan fingerprint density at radius 2 is 2.23 bits per heavy atom. The van der Waals surface area contributed by atoms with Crippen molar-refractivity contribution >= 4 is 22.9 Å². The van der Waals surface area contributed by atoms with E-state index in [-0.39, 0.29) is 5.91 Å². The van der Waals surface area contributed by atoms with Crippen LogP contribution in [0.4, 0.5) is 5.95 Å². The third-order valence-electron chi connectivity index (χ3n) is 4.66. The van der Waals surface area contributed by atoms with Crippen LogP contribution in [0.5, 0.6) is 0 Å². The lowest BCUT2D eigenvalue weighted by Crippen LogP contribution is -2.29. The molecule has 6 heteroatoms. The van der Waals surface area contributed by atoms with Gasteiger partial charge in [0.25, 0.3) is 5.91 Å². The molecule has 130 valence electrons. The van der Waals surface area contributed by atoms with E-state index in [0.29, 0.717) is 30.2 Å². The van der Waals surface area contributed by atoms with Crippen LogP contribution in [0.2, 0.25) is 0 Å². The van der Waals surface area contributed by atoms with Crippen molar-refractivity contribution in [2.75, 3.05) is 11.9 Å². The monoisotopic (exact) mass is 346 g/mol. The molecule has 1 atom stereocenters. The Bertz CT molecular complexity index is 1030. The number of imidazole rings is 1. The predicted octanol–water partition coefficient (Wildman–Crippen LogP) is 3.18. The summed E-state index contributed by atoms with van der Waals surface area (Å²) in [5.41, 5.74) is 4.15. The second kappa shape index (κ2) is 6.62. The second-order valence-electron chi connectivity index (χ2n) is 6.18. The summed E-state index contributed by atoms with van der Waals surface area (Å²) in [5, 5.41) is 12.0. The average molecular weight is 346 g/mol. The summed E-state index contributed by atoms with van der Waals surface area (Å²) in [6.07, 6.45) is 0.171. The quantitative estimate of drug-likeness (QED) is 0.790. The number of hydrogen-bond acceptors (Lipinski definition) is 4. The molecule has 1 aliphatic rings. The van der Waals surface area contributed by atoms with Crippen LogP contribution < -0.4 is 5.32 Å². The number of nitrogens with zero attached hydrogens (tertiary/aromatic N) is 3. The van der Waals surface area contributed by atoms with Crippen LogP contribution in [0, 0.1) is 11.3 Å². The van der Waals surface area contributed by atoms with Crippen molar-refractivity contribution in [3.8, 4) is 6.07 Å². The number of anilines is 1.